The number of nitrogens with zero attached hydrogens (tertiary/aromatic N) is 5. The summed E-state index contributed by atoms with van der Waals surface area (Å²) in [5.74, 6) is 0.242. The van der Waals surface area contributed by atoms with Crippen molar-refractivity contribution < 1.29 is 18.0 Å². The minimum Gasteiger partial charge on any atom is -0.370 e. The van der Waals surface area contributed by atoms with Gasteiger partial charge in [0.2, 0.25) is 0 Å². The van der Waals surface area contributed by atoms with Crippen LogP contribution >= 0.6 is 0 Å². The molecule has 2 aromatic heterocycles. The van der Waals surface area contributed by atoms with E-state index in [1.54, 1.807) is 29.0 Å². The first-order chi connectivity index (χ1) is 12.7. The van der Waals surface area contributed by atoms with E-state index in [2.05, 4.69) is 9.97 Å². The first-order valence-electron chi connectivity index (χ1n) is 8.75. The molecule has 1 aliphatic rings. The van der Waals surface area contributed by atoms with Crippen molar-refractivity contribution >= 4 is 11.6 Å². The quantitative estimate of drug-likeness (QED) is 0.817. The molecule has 2 aromatic rings. The van der Waals surface area contributed by atoms with Crippen LogP contribution in [0.2, 0.25) is 0 Å². The van der Waals surface area contributed by atoms with Crippen molar-refractivity contribution in [1.29, 1.82) is 0 Å². The molecule has 0 N–H and O–H groups in total. The molecule has 27 heavy (non-hydrogen) atoms. The maximum atomic E-state index is 12.6. The summed E-state index contributed by atoms with van der Waals surface area (Å²) in [4.78, 5) is 23.7. The lowest BCUT2D eigenvalue weighted by Gasteiger charge is -2.35. The van der Waals surface area contributed by atoms with Crippen molar-refractivity contribution in [2.75, 3.05) is 31.6 Å². The van der Waals surface area contributed by atoms with Crippen LogP contribution in [0.5, 0.6) is 0 Å². The van der Waals surface area contributed by atoms with Gasteiger partial charge in [-0.3, -0.25) is 4.79 Å². The number of aryl methyl sites for hydroxylation is 1. The molecule has 1 saturated heterocycles. The van der Waals surface area contributed by atoms with Crippen LogP contribution in [0.15, 0.2) is 30.9 Å². The fourth-order valence-electron chi connectivity index (χ4n) is 3.30. The summed E-state index contributed by atoms with van der Waals surface area (Å²) in [6, 6.07) is 2.48. The second kappa shape index (κ2) is 7.58. The highest BCUT2D eigenvalue weighted by Gasteiger charge is 2.32. The lowest BCUT2D eigenvalue weighted by atomic mass is 9.96. The zero-order valence-corrected chi connectivity index (χ0v) is 15.3. The van der Waals surface area contributed by atoms with Crippen LogP contribution < -0.4 is 4.90 Å². The Morgan fingerprint density at radius 3 is 2.48 bits per heavy atom. The van der Waals surface area contributed by atoms with Gasteiger partial charge in [0.25, 0.3) is 5.91 Å². The smallest absolute Gasteiger partial charge is 0.370 e. The molecule has 1 fully saturated rings. The molecule has 0 aromatic carbocycles. The van der Waals surface area contributed by atoms with Crippen LogP contribution in [0, 0.1) is 5.92 Å². The number of aromatic nitrogens is 3. The minimum absolute atomic E-state index is 0.107. The molecule has 0 unspecified atom stereocenters. The summed E-state index contributed by atoms with van der Waals surface area (Å²) in [5, 5.41) is 0. The van der Waals surface area contributed by atoms with Crippen LogP contribution in [0.4, 0.5) is 18.9 Å². The topological polar surface area (TPSA) is 54.3 Å². The second-order valence-electron chi connectivity index (χ2n) is 6.94. The summed E-state index contributed by atoms with van der Waals surface area (Å²) < 4.78 is 39.6. The standard InChI is InChI=1S/C18H22F3N5O/c1-24-11-15(23-12-24)17(27)25(2)10-13-5-7-26(8-6-13)14-3-4-16(22-9-14)18(19,20)21/h3-4,9,11-13H,5-8,10H2,1-2H3. The van der Waals surface area contributed by atoms with Gasteiger partial charge in [0, 0.05) is 39.9 Å². The molecule has 146 valence electrons. The molecule has 1 amide bonds. The third-order valence-corrected chi connectivity index (χ3v) is 4.82. The first-order valence-corrected chi connectivity index (χ1v) is 8.75. The van der Waals surface area contributed by atoms with E-state index in [1.807, 2.05) is 11.9 Å². The Hall–Kier alpha value is -2.58. The maximum absolute atomic E-state index is 12.6. The van der Waals surface area contributed by atoms with Crippen molar-refractivity contribution in [3.63, 3.8) is 0 Å². The Kier molecular flexibility index (Phi) is 5.38. The van der Waals surface area contributed by atoms with E-state index < -0.39 is 11.9 Å². The molecule has 0 spiro atoms. The van der Waals surface area contributed by atoms with Crippen LogP contribution in [0.25, 0.3) is 0 Å². The Labute approximate surface area is 155 Å². The zero-order chi connectivity index (χ0) is 19.6. The van der Waals surface area contributed by atoms with E-state index in [9.17, 15) is 18.0 Å². The van der Waals surface area contributed by atoms with E-state index in [-0.39, 0.29) is 5.91 Å². The van der Waals surface area contributed by atoms with Crippen LogP contribution in [0.1, 0.15) is 29.0 Å². The first kappa shape index (κ1) is 19.2. The summed E-state index contributed by atoms with van der Waals surface area (Å²) in [6.45, 7) is 2.08. The predicted octanol–water partition coefficient (Wildman–Crippen LogP) is 2.82. The van der Waals surface area contributed by atoms with Gasteiger partial charge < -0.3 is 14.4 Å². The van der Waals surface area contributed by atoms with Crippen molar-refractivity contribution in [2.24, 2.45) is 13.0 Å². The van der Waals surface area contributed by atoms with E-state index in [0.717, 1.165) is 32.0 Å². The highest BCUT2D eigenvalue weighted by molar-refractivity contribution is 5.91. The summed E-state index contributed by atoms with van der Waals surface area (Å²) in [7, 11) is 3.58. The number of halogens is 3. The van der Waals surface area contributed by atoms with Crippen molar-refractivity contribution in [2.45, 2.75) is 19.0 Å². The van der Waals surface area contributed by atoms with Gasteiger partial charge in [-0.25, -0.2) is 9.97 Å². The highest BCUT2D eigenvalue weighted by atomic mass is 19.4. The Morgan fingerprint density at radius 2 is 1.96 bits per heavy atom. The molecule has 0 aliphatic carbocycles. The minimum atomic E-state index is -4.42. The molecule has 0 saturated carbocycles. The van der Waals surface area contributed by atoms with Gasteiger partial charge in [-0.1, -0.05) is 0 Å². The number of imidazole rings is 1. The Morgan fingerprint density at radius 1 is 1.26 bits per heavy atom. The average Bonchev–Trinajstić information content (AvgIpc) is 3.07. The average molecular weight is 381 g/mol. The van der Waals surface area contributed by atoms with Crippen LogP contribution in [0.3, 0.4) is 0 Å². The van der Waals surface area contributed by atoms with Gasteiger partial charge in [0.05, 0.1) is 18.2 Å². The molecular weight excluding hydrogens is 359 g/mol. The summed E-state index contributed by atoms with van der Waals surface area (Å²) >= 11 is 0. The van der Waals surface area contributed by atoms with Crippen LogP contribution in [-0.4, -0.2) is 52.0 Å². The zero-order valence-electron chi connectivity index (χ0n) is 15.3. The van der Waals surface area contributed by atoms with Crippen molar-refractivity contribution in [3.05, 3.63) is 42.2 Å². The van der Waals surface area contributed by atoms with E-state index in [0.29, 0.717) is 23.8 Å². The van der Waals surface area contributed by atoms with Crippen molar-refractivity contribution in [1.82, 2.24) is 19.4 Å². The van der Waals surface area contributed by atoms with Gasteiger partial charge >= 0.3 is 6.18 Å². The number of carbonyl (C=O) groups excluding carboxylic acids is 1. The normalized spacial score (nSPS) is 15.8. The Balaban J connectivity index is 1.52. The number of pyridine rings is 1. The third kappa shape index (κ3) is 4.58. The number of anilines is 1. The van der Waals surface area contributed by atoms with Gasteiger partial charge in [0.15, 0.2) is 0 Å². The number of amides is 1. The van der Waals surface area contributed by atoms with E-state index in [1.165, 1.54) is 12.3 Å². The molecule has 0 radical (unpaired) electrons. The predicted molar refractivity (Wildman–Crippen MR) is 94.3 cm³/mol. The number of hydrogen-bond donors (Lipinski definition) is 0. The Bertz CT molecular complexity index is 779. The molecule has 6 nitrogen and oxygen atoms in total. The number of rotatable bonds is 4. The number of piperidine rings is 1. The monoisotopic (exact) mass is 381 g/mol. The van der Waals surface area contributed by atoms with Gasteiger partial charge in [0.1, 0.15) is 11.4 Å². The maximum Gasteiger partial charge on any atom is 0.433 e. The van der Waals surface area contributed by atoms with E-state index >= 15 is 0 Å². The lowest BCUT2D eigenvalue weighted by molar-refractivity contribution is -0.141. The highest BCUT2D eigenvalue weighted by Crippen LogP contribution is 2.29. The second-order valence-corrected chi connectivity index (χ2v) is 6.94. The fraction of sp³-hybridized carbons (Fsp3) is 0.500. The molecular formula is C18H22F3N5O. The number of hydrogen-bond acceptors (Lipinski definition) is 4. The fourth-order valence-corrected chi connectivity index (χ4v) is 3.30. The van der Waals surface area contributed by atoms with Gasteiger partial charge in [-0.2, -0.15) is 13.2 Å². The molecule has 0 bridgehead atoms. The number of carbonyl (C=O) groups is 1. The summed E-state index contributed by atoms with van der Waals surface area (Å²) in [5.41, 5.74) is 0.239. The molecule has 1 aliphatic heterocycles. The van der Waals surface area contributed by atoms with Gasteiger partial charge in [-0.05, 0) is 30.9 Å². The molecule has 9 heteroatoms. The number of alkyl halides is 3. The third-order valence-electron chi connectivity index (χ3n) is 4.82. The SMILES string of the molecule is CN(CC1CCN(c2ccc(C(F)(F)F)nc2)CC1)C(=O)c1cn(C)cn1. The molecule has 0 atom stereocenters. The van der Waals surface area contributed by atoms with Crippen LogP contribution in [-0.2, 0) is 13.2 Å². The molecule has 3 heterocycles. The molecule has 3 rings (SSSR count). The largest absolute Gasteiger partial charge is 0.433 e. The summed E-state index contributed by atoms with van der Waals surface area (Å²) in [6.07, 6.45) is 1.87. The van der Waals surface area contributed by atoms with Gasteiger partial charge in [-0.15, -0.1) is 0 Å². The van der Waals surface area contributed by atoms with Crippen molar-refractivity contribution in [3.8, 4) is 0 Å². The van der Waals surface area contributed by atoms with E-state index in [4.69, 9.17) is 0 Å². The lowest BCUT2D eigenvalue weighted by Crippen LogP contribution is -2.39.